The molecule has 0 radical (unpaired) electrons. The molecule has 1 aliphatic rings. The first kappa shape index (κ1) is 20.2. The molecule has 0 atom stereocenters. The number of rotatable bonds is 12. The highest BCUT2D eigenvalue weighted by Crippen LogP contribution is 2.32. The molecule has 0 N–H and O–H groups in total. The van der Waals surface area contributed by atoms with Gasteiger partial charge in [0.05, 0.1) is 7.11 Å². The maximum atomic E-state index is 13.3. The summed E-state index contributed by atoms with van der Waals surface area (Å²) < 4.78 is 35.2. The molecule has 1 saturated carbocycles. The SMILES string of the molecule is CCCCN(CCCC)S(=O)(=O)N(Cc1ccc(OC)cc1)C1CC1. The lowest BCUT2D eigenvalue weighted by Crippen LogP contribution is -2.45. The summed E-state index contributed by atoms with van der Waals surface area (Å²) in [7, 11) is -1.79. The number of hydrogen-bond acceptors (Lipinski definition) is 3. The topological polar surface area (TPSA) is 49.9 Å². The molecule has 25 heavy (non-hydrogen) atoms. The second-order valence-corrected chi connectivity index (χ2v) is 8.62. The number of methoxy groups -OCH3 is 1. The average Bonchev–Trinajstić information content (AvgIpc) is 3.44. The van der Waals surface area contributed by atoms with Crippen LogP contribution in [-0.2, 0) is 16.8 Å². The number of unbranched alkanes of at least 4 members (excludes halogenated alkanes) is 2. The van der Waals surface area contributed by atoms with Gasteiger partial charge in [0.15, 0.2) is 0 Å². The van der Waals surface area contributed by atoms with Crippen molar-refractivity contribution in [2.75, 3.05) is 20.2 Å². The minimum atomic E-state index is -3.42. The van der Waals surface area contributed by atoms with E-state index >= 15 is 0 Å². The first-order chi connectivity index (χ1) is 12.0. The van der Waals surface area contributed by atoms with Crippen molar-refractivity contribution in [3.05, 3.63) is 29.8 Å². The maximum absolute atomic E-state index is 13.3. The molecule has 0 amide bonds. The van der Waals surface area contributed by atoms with E-state index in [0.29, 0.717) is 19.6 Å². The van der Waals surface area contributed by atoms with Crippen molar-refractivity contribution in [3.8, 4) is 5.75 Å². The van der Waals surface area contributed by atoms with Gasteiger partial charge in [-0.25, -0.2) is 0 Å². The molecule has 0 unspecified atom stereocenters. The Kier molecular flexibility index (Phi) is 7.72. The van der Waals surface area contributed by atoms with Crippen molar-refractivity contribution in [2.24, 2.45) is 0 Å². The first-order valence-corrected chi connectivity index (χ1v) is 10.8. The van der Waals surface area contributed by atoms with Crippen LogP contribution in [0.5, 0.6) is 5.75 Å². The maximum Gasteiger partial charge on any atom is 0.282 e. The van der Waals surface area contributed by atoms with Gasteiger partial charge in [0.1, 0.15) is 5.75 Å². The van der Waals surface area contributed by atoms with E-state index in [2.05, 4.69) is 13.8 Å². The number of hydrogen-bond donors (Lipinski definition) is 0. The first-order valence-electron chi connectivity index (χ1n) is 9.42. The van der Waals surface area contributed by atoms with E-state index in [1.54, 1.807) is 15.7 Å². The van der Waals surface area contributed by atoms with Gasteiger partial charge < -0.3 is 4.74 Å². The van der Waals surface area contributed by atoms with Crippen LogP contribution in [0.2, 0.25) is 0 Å². The van der Waals surface area contributed by atoms with Crippen LogP contribution in [0.25, 0.3) is 0 Å². The number of nitrogens with zero attached hydrogens (tertiary/aromatic N) is 2. The quantitative estimate of drug-likeness (QED) is 0.564. The van der Waals surface area contributed by atoms with Crippen LogP contribution < -0.4 is 4.74 Å². The molecule has 142 valence electrons. The van der Waals surface area contributed by atoms with E-state index in [9.17, 15) is 8.42 Å². The lowest BCUT2D eigenvalue weighted by molar-refractivity contribution is 0.320. The minimum Gasteiger partial charge on any atom is -0.497 e. The molecule has 5 nitrogen and oxygen atoms in total. The van der Waals surface area contributed by atoms with Gasteiger partial charge in [0, 0.05) is 25.7 Å². The molecular weight excluding hydrogens is 336 g/mol. The second-order valence-electron chi connectivity index (χ2n) is 6.74. The molecule has 1 aromatic carbocycles. The Bertz CT molecular complexity index is 604. The van der Waals surface area contributed by atoms with Gasteiger partial charge >= 0.3 is 0 Å². The highest BCUT2D eigenvalue weighted by Gasteiger charge is 2.40. The van der Waals surface area contributed by atoms with E-state index in [0.717, 1.165) is 49.8 Å². The Labute approximate surface area is 153 Å². The van der Waals surface area contributed by atoms with Gasteiger partial charge in [-0.1, -0.05) is 38.8 Å². The van der Waals surface area contributed by atoms with Crippen molar-refractivity contribution < 1.29 is 13.2 Å². The van der Waals surface area contributed by atoms with Crippen LogP contribution in [-0.4, -0.2) is 43.3 Å². The Balaban J connectivity index is 2.16. The summed E-state index contributed by atoms with van der Waals surface area (Å²) in [5.74, 6) is 0.789. The Morgan fingerprint density at radius 3 is 2.04 bits per heavy atom. The van der Waals surface area contributed by atoms with Crippen LogP contribution in [0.15, 0.2) is 24.3 Å². The lowest BCUT2D eigenvalue weighted by atomic mass is 10.2. The van der Waals surface area contributed by atoms with Crippen LogP contribution in [0, 0.1) is 0 Å². The normalized spacial score (nSPS) is 15.1. The minimum absolute atomic E-state index is 0.151. The fraction of sp³-hybridized carbons (Fsp3) is 0.684. The fourth-order valence-corrected chi connectivity index (χ4v) is 4.75. The fourth-order valence-electron chi connectivity index (χ4n) is 2.83. The number of ether oxygens (including phenoxy) is 1. The molecule has 1 aromatic rings. The molecule has 0 saturated heterocycles. The van der Waals surface area contributed by atoms with Crippen LogP contribution in [0.3, 0.4) is 0 Å². The summed E-state index contributed by atoms with van der Waals surface area (Å²) in [4.78, 5) is 0. The van der Waals surface area contributed by atoms with Gasteiger partial charge in [0.25, 0.3) is 10.2 Å². The van der Waals surface area contributed by atoms with E-state index in [-0.39, 0.29) is 6.04 Å². The Hall–Kier alpha value is -1.11. The van der Waals surface area contributed by atoms with Gasteiger partial charge in [-0.05, 0) is 43.4 Å². The van der Waals surface area contributed by atoms with Gasteiger partial charge in [-0.2, -0.15) is 17.0 Å². The lowest BCUT2D eigenvalue weighted by Gasteiger charge is -2.30. The molecule has 0 spiro atoms. The highest BCUT2D eigenvalue weighted by atomic mass is 32.2. The van der Waals surface area contributed by atoms with Crippen LogP contribution in [0.4, 0.5) is 0 Å². The van der Waals surface area contributed by atoms with E-state index in [4.69, 9.17) is 4.74 Å². The van der Waals surface area contributed by atoms with E-state index in [1.807, 2.05) is 24.3 Å². The summed E-state index contributed by atoms with van der Waals surface area (Å²) in [5.41, 5.74) is 1.00. The molecule has 0 bridgehead atoms. The molecule has 2 rings (SSSR count). The van der Waals surface area contributed by atoms with E-state index < -0.39 is 10.2 Å². The van der Waals surface area contributed by atoms with Crippen molar-refractivity contribution in [2.45, 2.75) is 65.0 Å². The summed E-state index contributed by atoms with van der Waals surface area (Å²) in [5, 5.41) is 0. The molecular formula is C19H32N2O3S. The highest BCUT2D eigenvalue weighted by molar-refractivity contribution is 7.86. The third-order valence-corrected chi connectivity index (χ3v) is 6.63. The summed E-state index contributed by atoms with van der Waals surface area (Å²) in [6, 6.07) is 7.83. The zero-order valence-corrected chi connectivity index (χ0v) is 16.6. The van der Waals surface area contributed by atoms with Crippen LogP contribution >= 0.6 is 0 Å². The summed E-state index contributed by atoms with van der Waals surface area (Å²) >= 11 is 0. The Morgan fingerprint density at radius 2 is 1.60 bits per heavy atom. The summed E-state index contributed by atoms with van der Waals surface area (Å²) in [6.07, 6.45) is 5.74. The molecule has 1 aliphatic carbocycles. The molecule has 0 aliphatic heterocycles. The molecule has 0 heterocycles. The predicted molar refractivity (Wildman–Crippen MR) is 102 cm³/mol. The van der Waals surface area contributed by atoms with Crippen LogP contribution in [0.1, 0.15) is 57.9 Å². The second kappa shape index (κ2) is 9.55. The van der Waals surface area contributed by atoms with Gasteiger partial charge in [0.2, 0.25) is 0 Å². The standard InChI is InChI=1S/C19H32N2O3S/c1-4-6-14-20(15-7-5-2)25(22,23)21(18-10-11-18)16-17-8-12-19(24-3)13-9-17/h8-9,12-13,18H,4-7,10-11,14-16H2,1-3H3. The van der Waals surface area contributed by atoms with E-state index in [1.165, 1.54) is 0 Å². The number of benzene rings is 1. The smallest absolute Gasteiger partial charge is 0.282 e. The van der Waals surface area contributed by atoms with Crippen molar-refractivity contribution in [1.82, 2.24) is 8.61 Å². The largest absolute Gasteiger partial charge is 0.497 e. The zero-order valence-electron chi connectivity index (χ0n) is 15.8. The third kappa shape index (κ3) is 5.69. The monoisotopic (exact) mass is 368 g/mol. The van der Waals surface area contributed by atoms with Gasteiger partial charge in [-0.15, -0.1) is 0 Å². The average molecular weight is 369 g/mol. The Morgan fingerprint density at radius 1 is 1.04 bits per heavy atom. The van der Waals surface area contributed by atoms with Crippen molar-refractivity contribution in [1.29, 1.82) is 0 Å². The van der Waals surface area contributed by atoms with Crippen molar-refractivity contribution in [3.63, 3.8) is 0 Å². The van der Waals surface area contributed by atoms with Crippen molar-refractivity contribution >= 4 is 10.2 Å². The zero-order chi connectivity index (χ0) is 18.3. The molecule has 1 fully saturated rings. The molecule has 0 aromatic heterocycles. The predicted octanol–water partition coefficient (Wildman–Crippen LogP) is 3.81. The third-order valence-electron chi connectivity index (χ3n) is 4.60. The molecule has 6 heteroatoms. The van der Waals surface area contributed by atoms with Gasteiger partial charge in [-0.3, -0.25) is 0 Å². The summed E-state index contributed by atoms with van der Waals surface area (Å²) in [6.45, 7) is 5.86.